The van der Waals surface area contributed by atoms with Crippen molar-refractivity contribution in [2.24, 2.45) is 5.73 Å². The Bertz CT molecular complexity index is 667. The Morgan fingerprint density at radius 1 is 1.32 bits per heavy atom. The van der Waals surface area contributed by atoms with Crippen LogP contribution in [0, 0.1) is 0 Å². The van der Waals surface area contributed by atoms with Crippen LogP contribution in [-0.2, 0) is 4.79 Å². The first kappa shape index (κ1) is 16.0. The monoisotopic (exact) mass is 318 g/mol. The van der Waals surface area contributed by atoms with Crippen molar-refractivity contribution in [1.82, 2.24) is 5.32 Å². The fraction of sp³-hybridized carbons (Fsp3) is 0.250. The van der Waals surface area contributed by atoms with Crippen molar-refractivity contribution in [3.8, 4) is 16.2 Å². The number of rotatable bonds is 6. The standard InChI is InChI=1S/C16H18N2O3S/c1-3-21-12-9-13(11-7-5-4-6-8-11)22-14(12)16(20)18-10(2)15(17)19/h4-10H,3H2,1-2H3,(H2,17,19)(H,18,20). The molecule has 0 aliphatic heterocycles. The Kier molecular flexibility index (Phi) is 5.16. The van der Waals surface area contributed by atoms with Crippen molar-refractivity contribution in [3.63, 3.8) is 0 Å². The molecule has 1 aromatic carbocycles. The number of benzene rings is 1. The molecule has 22 heavy (non-hydrogen) atoms. The summed E-state index contributed by atoms with van der Waals surface area (Å²) < 4.78 is 5.54. The molecule has 1 unspecified atom stereocenters. The van der Waals surface area contributed by atoms with Crippen molar-refractivity contribution >= 4 is 23.2 Å². The van der Waals surface area contributed by atoms with E-state index in [0.29, 0.717) is 17.2 Å². The Hall–Kier alpha value is -2.34. The second-order valence-electron chi connectivity index (χ2n) is 4.70. The van der Waals surface area contributed by atoms with Crippen LogP contribution in [0.5, 0.6) is 5.75 Å². The van der Waals surface area contributed by atoms with Gasteiger partial charge in [0.05, 0.1) is 6.61 Å². The first-order valence-corrected chi connectivity index (χ1v) is 7.76. The summed E-state index contributed by atoms with van der Waals surface area (Å²) in [6, 6.07) is 10.8. The molecule has 1 aromatic heterocycles. The number of carbonyl (C=O) groups excluding carboxylic acids is 2. The second-order valence-corrected chi connectivity index (χ2v) is 5.75. The molecular weight excluding hydrogens is 300 g/mol. The van der Waals surface area contributed by atoms with Crippen LogP contribution in [0.1, 0.15) is 23.5 Å². The third-order valence-electron chi connectivity index (χ3n) is 3.04. The normalized spacial score (nSPS) is 11.7. The van der Waals surface area contributed by atoms with E-state index >= 15 is 0 Å². The quantitative estimate of drug-likeness (QED) is 0.858. The maximum Gasteiger partial charge on any atom is 0.265 e. The Morgan fingerprint density at radius 3 is 2.59 bits per heavy atom. The molecule has 0 saturated carbocycles. The van der Waals surface area contributed by atoms with Crippen molar-refractivity contribution < 1.29 is 14.3 Å². The fourth-order valence-electron chi connectivity index (χ4n) is 1.87. The van der Waals surface area contributed by atoms with Gasteiger partial charge in [-0.25, -0.2) is 0 Å². The van der Waals surface area contributed by atoms with E-state index in [-0.39, 0.29) is 5.91 Å². The van der Waals surface area contributed by atoms with E-state index in [2.05, 4.69) is 5.32 Å². The van der Waals surface area contributed by atoms with E-state index < -0.39 is 11.9 Å². The van der Waals surface area contributed by atoms with Gasteiger partial charge in [-0.15, -0.1) is 11.3 Å². The third-order valence-corrected chi connectivity index (χ3v) is 4.20. The molecule has 1 atom stereocenters. The molecular formula is C16H18N2O3S. The summed E-state index contributed by atoms with van der Waals surface area (Å²) >= 11 is 1.33. The number of nitrogens with two attached hydrogens (primary N) is 1. The first-order valence-electron chi connectivity index (χ1n) is 6.95. The van der Waals surface area contributed by atoms with Gasteiger partial charge in [0.15, 0.2) is 0 Å². The van der Waals surface area contributed by atoms with Gasteiger partial charge >= 0.3 is 0 Å². The third kappa shape index (κ3) is 3.65. The van der Waals surface area contributed by atoms with Gasteiger partial charge in [0, 0.05) is 4.88 Å². The highest BCUT2D eigenvalue weighted by Crippen LogP contribution is 2.36. The summed E-state index contributed by atoms with van der Waals surface area (Å²) in [5, 5.41) is 2.58. The molecule has 0 aliphatic rings. The minimum atomic E-state index is -0.732. The van der Waals surface area contributed by atoms with Crippen molar-refractivity contribution in [2.45, 2.75) is 19.9 Å². The second kappa shape index (κ2) is 7.09. The Balaban J connectivity index is 2.31. The molecule has 0 saturated heterocycles. The Morgan fingerprint density at radius 2 is 2.00 bits per heavy atom. The zero-order chi connectivity index (χ0) is 16.1. The molecule has 0 spiro atoms. The molecule has 2 rings (SSSR count). The summed E-state index contributed by atoms with van der Waals surface area (Å²) in [7, 11) is 0. The summed E-state index contributed by atoms with van der Waals surface area (Å²) in [6.45, 7) is 3.86. The smallest absolute Gasteiger partial charge is 0.265 e. The highest BCUT2D eigenvalue weighted by Gasteiger charge is 2.21. The van der Waals surface area contributed by atoms with E-state index in [0.717, 1.165) is 10.4 Å². The van der Waals surface area contributed by atoms with Gasteiger partial charge in [-0.1, -0.05) is 30.3 Å². The zero-order valence-electron chi connectivity index (χ0n) is 12.5. The lowest BCUT2D eigenvalue weighted by molar-refractivity contribution is -0.119. The molecule has 0 fully saturated rings. The molecule has 2 amide bonds. The molecule has 1 heterocycles. The van der Waals surface area contributed by atoms with Crippen LogP contribution < -0.4 is 15.8 Å². The van der Waals surface area contributed by atoms with Crippen LogP contribution in [0.2, 0.25) is 0 Å². The number of hydrogen-bond acceptors (Lipinski definition) is 4. The molecule has 0 radical (unpaired) electrons. The number of thiophene rings is 1. The lowest BCUT2D eigenvalue weighted by Gasteiger charge is -2.10. The first-order chi connectivity index (χ1) is 10.5. The van der Waals surface area contributed by atoms with Gasteiger partial charge < -0.3 is 15.8 Å². The molecule has 116 valence electrons. The number of ether oxygens (including phenoxy) is 1. The van der Waals surface area contributed by atoms with E-state index in [1.807, 2.05) is 43.3 Å². The van der Waals surface area contributed by atoms with Gasteiger partial charge in [0.2, 0.25) is 5.91 Å². The SMILES string of the molecule is CCOc1cc(-c2ccccc2)sc1C(=O)NC(C)C(N)=O. The van der Waals surface area contributed by atoms with E-state index in [9.17, 15) is 9.59 Å². The molecule has 2 aromatic rings. The Labute approximate surface area is 133 Å². The predicted molar refractivity (Wildman–Crippen MR) is 87.0 cm³/mol. The highest BCUT2D eigenvalue weighted by atomic mass is 32.1. The van der Waals surface area contributed by atoms with Crippen LogP contribution >= 0.6 is 11.3 Å². The molecule has 6 heteroatoms. The van der Waals surface area contributed by atoms with E-state index in [1.54, 1.807) is 6.92 Å². The lowest BCUT2D eigenvalue weighted by atomic mass is 10.2. The molecule has 0 bridgehead atoms. The molecule has 0 aliphatic carbocycles. The van der Waals surface area contributed by atoms with Crippen LogP contribution in [0.4, 0.5) is 0 Å². The van der Waals surface area contributed by atoms with Crippen LogP contribution in [0.25, 0.3) is 10.4 Å². The van der Waals surface area contributed by atoms with E-state index in [1.165, 1.54) is 11.3 Å². The van der Waals surface area contributed by atoms with Gasteiger partial charge in [-0.05, 0) is 25.5 Å². The summed E-state index contributed by atoms with van der Waals surface area (Å²) in [5.41, 5.74) is 6.18. The number of hydrogen-bond donors (Lipinski definition) is 2. The van der Waals surface area contributed by atoms with Crippen LogP contribution in [0.3, 0.4) is 0 Å². The summed E-state index contributed by atoms with van der Waals surface area (Å²) in [5.74, 6) is -0.423. The zero-order valence-corrected chi connectivity index (χ0v) is 13.3. The van der Waals surface area contributed by atoms with Crippen LogP contribution in [-0.4, -0.2) is 24.5 Å². The summed E-state index contributed by atoms with van der Waals surface area (Å²) in [6.07, 6.45) is 0. The molecule has 5 nitrogen and oxygen atoms in total. The minimum absolute atomic E-state index is 0.359. The minimum Gasteiger partial charge on any atom is -0.492 e. The average molecular weight is 318 g/mol. The predicted octanol–water partition coefficient (Wildman–Crippen LogP) is 2.42. The maximum absolute atomic E-state index is 12.3. The largest absolute Gasteiger partial charge is 0.492 e. The van der Waals surface area contributed by atoms with Crippen LogP contribution in [0.15, 0.2) is 36.4 Å². The lowest BCUT2D eigenvalue weighted by Crippen LogP contribution is -2.42. The fourth-order valence-corrected chi connectivity index (χ4v) is 2.88. The summed E-state index contributed by atoms with van der Waals surface area (Å²) in [4.78, 5) is 24.8. The number of nitrogens with one attached hydrogen (secondary N) is 1. The van der Waals surface area contributed by atoms with Gasteiger partial charge in [-0.3, -0.25) is 9.59 Å². The number of primary amides is 1. The number of amides is 2. The van der Waals surface area contributed by atoms with Crippen molar-refractivity contribution in [1.29, 1.82) is 0 Å². The van der Waals surface area contributed by atoms with Gasteiger partial charge in [0.1, 0.15) is 16.7 Å². The van der Waals surface area contributed by atoms with E-state index in [4.69, 9.17) is 10.5 Å². The topological polar surface area (TPSA) is 81.4 Å². The van der Waals surface area contributed by atoms with Crippen molar-refractivity contribution in [2.75, 3.05) is 6.61 Å². The van der Waals surface area contributed by atoms with Gasteiger partial charge in [-0.2, -0.15) is 0 Å². The average Bonchev–Trinajstić information content (AvgIpc) is 2.92. The van der Waals surface area contributed by atoms with Crippen molar-refractivity contribution in [3.05, 3.63) is 41.3 Å². The highest BCUT2D eigenvalue weighted by molar-refractivity contribution is 7.17. The van der Waals surface area contributed by atoms with Gasteiger partial charge in [0.25, 0.3) is 5.91 Å². The molecule has 3 N–H and O–H groups in total. The number of carbonyl (C=O) groups is 2. The maximum atomic E-state index is 12.3.